The van der Waals surface area contributed by atoms with Crippen LogP contribution in [0.2, 0.25) is 0 Å². The number of benzene rings is 1. The average Bonchev–Trinajstić information content (AvgIpc) is 3.12. The van der Waals surface area contributed by atoms with Gasteiger partial charge in [0.15, 0.2) is 0 Å². The maximum atomic E-state index is 12.9. The molecule has 3 rings (SSSR count). The zero-order valence-electron chi connectivity index (χ0n) is 14.9. The molecule has 26 heavy (non-hydrogen) atoms. The number of amides is 1. The molecule has 0 radical (unpaired) electrons. The maximum Gasteiger partial charge on any atom is 0.286 e. The fraction of sp³-hybridized carbons (Fsp3) is 0.500. The predicted molar refractivity (Wildman–Crippen MR) is 101 cm³/mol. The van der Waals surface area contributed by atoms with Crippen LogP contribution >= 0.6 is 11.3 Å². The number of nitrogens with one attached hydrogen (secondary N) is 2. The minimum Gasteiger partial charge on any atom is -0.320 e. The summed E-state index contributed by atoms with van der Waals surface area (Å²) in [5.41, 5.74) is 0.539. The van der Waals surface area contributed by atoms with Crippen LogP contribution in [-0.4, -0.2) is 47.7 Å². The Balaban J connectivity index is 1.48. The van der Waals surface area contributed by atoms with E-state index in [1.54, 1.807) is 0 Å². The summed E-state index contributed by atoms with van der Waals surface area (Å²) in [5.74, 6) is 0.146. The molecule has 0 saturated carbocycles. The normalized spacial score (nSPS) is 15.9. The van der Waals surface area contributed by atoms with Crippen LogP contribution in [0.1, 0.15) is 34.1 Å². The molecular formula is C18H24FN5OS. The van der Waals surface area contributed by atoms with E-state index in [1.807, 2.05) is 7.05 Å². The van der Waals surface area contributed by atoms with Crippen molar-refractivity contribution < 1.29 is 9.18 Å². The van der Waals surface area contributed by atoms with Crippen LogP contribution in [-0.2, 0) is 6.54 Å². The van der Waals surface area contributed by atoms with E-state index in [0.717, 1.165) is 37.1 Å². The second kappa shape index (κ2) is 9.16. The number of rotatable bonds is 7. The van der Waals surface area contributed by atoms with E-state index < -0.39 is 0 Å². The van der Waals surface area contributed by atoms with Gasteiger partial charge < -0.3 is 10.6 Å². The molecule has 1 saturated heterocycles. The molecule has 1 aromatic heterocycles. The number of halogens is 1. The monoisotopic (exact) mass is 377 g/mol. The fourth-order valence-electron chi connectivity index (χ4n) is 3.10. The number of likely N-dealkylation sites (tertiary alicyclic amines) is 1. The van der Waals surface area contributed by atoms with Gasteiger partial charge >= 0.3 is 0 Å². The van der Waals surface area contributed by atoms with Crippen LogP contribution in [0.4, 0.5) is 10.1 Å². The highest BCUT2D eigenvalue weighted by molar-refractivity contribution is 7.13. The smallest absolute Gasteiger partial charge is 0.286 e. The number of hydrogen-bond acceptors (Lipinski definition) is 6. The molecule has 2 N–H and O–H groups in total. The first-order valence-corrected chi connectivity index (χ1v) is 9.72. The highest BCUT2D eigenvalue weighted by Gasteiger charge is 2.21. The van der Waals surface area contributed by atoms with Gasteiger partial charge in [-0.05, 0) is 76.1 Å². The van der Waals surface area contributed by atoms with E-state index in [1.165, 1.54) is 54.9 Å². The topological polar surface area (TPSA) is 70.1 Å². The van der Waals surface area contributed by atoms with Crippen LogP contribution < -0.4 is 10.6 Å². The molecule has 140 valence electrons. The Hall–Kier alpha value is -1.90. The third kappa shape index (κ3) is 5.30. The van der Waals surface area contributed by atoms with Gasteiger partial charge in [-0.25, -0.2) is 4.39 Å². The molecule has 0 aliphatic carbocycles. The van der Waals surface area contributed by atoms with Crippen molar-refractivity contribution in [3.63, 3.8) is 0 Å². The predicted octanol–water partition coefficient (Wildman–Crippen LogP) is 2.75. The van der Waals surface area contributed by atoms with Crippen LogP contribution in [0.15, 0.2) is 24.3 Å². The molecule has 0 bridgehead atoms. The van der Waals surface area contributed by atoms with Gasteiger partial charge in [0.2, 0.25) is 5.01 Å². The zero-order chi connectivity index (χ0) is 18.4. The van der Waals surface area contributed by atoms with E-state index in [9.17, 15) is 9.18 Å². The molecular weight excluding hydrogens is 353 g/mol. The van der Waals surface area contributed by atoms with E-state index in [-0.39, 0.29) is 11.7 Å². The highest BCUT2D eigenvalue weighted by Crippen LogP contribution is 2.22. The summed E-state index contributed by atoms with van der Waals surface area (Å²) in [5, 5.41) is 15.3. The molecule has 0 unspecified atom stereocenters. The van der Waals surface area contributed by atoms with Crippen molar-refractivity contribution in [3.05, 3.63) is 40.1 Å². The van der Waals surface area contributed by atoms with Crippen molar-refractivity contribution >= 4 is 22.9 Å². The van der Waals surface area contributed by atoms with Gasteiger partial charge in [0.05, 0.1) is 6.54 Å². The van der Waals surface area contributed by atoms with Crippen LogP contribution in [0, 0.1) is 11.7 Å². The standard InChI is InChI=1S/C18H24FN5OS/c1-20-9-6-13-7-10-24(11-8-13)12-16-22-23-18(26-16)17(25)21-15-4-2-14(19)3-5-15/h2-5,13,20H,6-12H2,1H3,(H,21,25). The van der Waals surface area contributed by atoms with Crippen molar-refractivity contribution in [1.29, 1.82) is 0 Å². The number of piperidine rings is 1. The molecule has 8 heteroatoms. The minimum absolute atomic E-state index is 0.314. The summed E-state index contributed by atoms with van der Waals surface area (Å²) >= 11 is 1.31. The average molecular weight is 377 g/mol. The zero-order valence-corrected chi connectivity index (χ0v) is 15.7. The molecule has 1 aliphatic heterocycles. The van der Waals surface area contributed by atoms with Gasteiger partial charge in [-0.2, -0.15) is 0 Å². The molecule has 1 aromatic carbocycles. The summed E-state index contributed by atoms with van der Waals surface area (Å²) in [4.78, 5) is 14.6. The number of aromatic nitrogens is 2. The van der Waals surface area contributed by atoms with Crippen LogP contribution in [0.5, 0.6) is 0 Å². The molecule has 2 aromatic rings. The summed E-state index contributed by atoms with van der Waals surface area (Å²) in [7, 11) is 1.99. The summed E-state index contributed by atoms with van der Waals surface area (Å²) in [6, 6.07) is 5.66. The lowest BCUT2D eigenvalue weighted by molar-refractivity contribution is 0.102. The molecule has 1 amide bonds. The minimum atomic E-state index is -0.337. The SMILES string of the molecule is CNCCC1CCN(Cc2nnc(C(=O)Nc3ccc(F)cc3)s2)CC1. The van der Waals surface area contributed by atoms with Crippen LogP contribution in [0.25, 0.3) is 0 Å². The summed E-state index contributed by atoms with van der Waals surface area (Å²) in [6.45, 7) is 3.93. The molecule has 2 heterocycles. The molecule has 0 spiro atoms. The number of carbonyl (C=O) groups excluding carboxylic acids is 1. The Labute approximate surface area is 156 Å². The molecule has 1 fully saturated rings. The van der Waals surface area contributed by atoms with Gasteiger partial charge in [0, 0.05) is 5.69 Å². The second-order valence-electron chi connectivity index (χ2n) is 6.57. The summed E-state index contributed by atoms with van der Waals surface area (Å²) < 4.78 is 12.9. The summed E-state index contributed by atoms with van der Waals surface area (Å²) in [6.07, 6.45) is 3.65. The van der Waals surface area contributed by atoms with Gasteiger partial charge in [-0.1, -0.05) is 11.3 Å². The number of nitrogens with zero attached hydrogens (tertiary/aromatic N) is 3. The Kier molecular flexibility index (Phi) is 6.65. The van der Waals surface area contributed by atoms with E-state index in [0.29, 0.717) is 10.7 Å². The lowest BCUT2D eigenvalue weighted by Crippen LogP contribution is -2.34. The van der Waals surface area contributed by atoms with Crippen molar-refractivity contribution in [3.8, 4) is 0 Å². The molecule has 6 nitrogen and oxygen atoms in total. The van der Waals surface area contributed by atoms with Gasteiger partial charge in [0.25, 0.3) is 5.91 Å². The first-order valence-electron chi connectivity index (χ1n) is 8.90. The second-order valence-corrected chi connectivity index (χ2v) is 7.64. The fourth-order valence-corrected chi connectivity index (χ4v) is 3.88. The highest BCUT2D eigenvalue weighted by atomic mass is 32.1. The molecule has 1 aliphatic rings. The first kappa shape index (κ1) is 18.9. The lowest BCUT2D eigenvalue weighted by atomic mass is 9.93. The van der Waals surface area contributed by atoms with Gasteiger partial charge in [0.1, 0.15) is 10.8 Å². The quantitative estimate of drug-likeness (QED) is 0.776. The largest absolute Gasteiger partial charge is 0.320 e. The van der Waals surface area contributed by atoms with E-state index in [4.69, 9.17) is 0 Å². The Morgan fingerprint density at radius 2 is 2.00 bits per heavy atom. The lowest BCUT2D eigenvalue weighted by Gasteiger charge is -2.31. The first-order chi connectivity index (χ1) is 12.6. The van der Waals surface area contributed by atoms with Gasteiger partial charge in [-0.15, -0.1) is 10.2 Å². The Morgan fingerprint density at radius 3 is 2.69 bits per heavy atom. The van der Waals surface area contributed by atoms with E-state index >= 15 is 0 Å². The Morgan fingerprint density at radius 1 is 1.27 bits per heavy atom. The number of hydrogen-bond donors (Lipinski definition) is 2. The third-order valence-electron chi connectivity index (χ3n) is 4.63. The third-order valence-corrected chi connectivity index (χ3v) is 5.54. The Bertz CT molecular complexity index is 713. The van der Waals surface area contributed by atoms with Crippen molar-refractivity contribution in [2.24, 2.45) is 5.92 Å². The van der Waals surface area contributed by atoms with Gasteiger partial charge in [-0.3, -0.25) is 9.69 Å². The number of anilines is 1. The van der Waals surface area contributed by atoms with Crippen molar-refractivity contribution in [2.45, 2.75) is 25.8 Å². The van der Waals surface area contributed by atoms with Crippen molar-refractivity contribution in [2.75, 3.05) is 32.0 Å². The van der Waals surface area contributed by atoms with Crippen LogP contribution in [0.3, 0.4) is 0 Å². The number of carbonyl (C=O) groups is 1. The maximum absolute atomic E-state index is 12.9. The van der Waals surface area contributed by atoms with Crippen molar-refractivity contribution in [1.82, 2.24) is 20.4 Å². The van der Waals surface area contributed by atoms with E-state index in [2.05, 4.69) is 25.7 Å². The molecule has 0 atom stereocenters.